The summed E-state index contributed by atoms with van der Waals surface area (Å²) in [6.07, 6.45) is -4.71. The minimum absolute atomic E-state index is 0. The summed E-state index contributed by atoms with van der Waals surface area (Å²) in [4.78, 5) is 0. The van der Waals surface area contributed by atoms with E-state index in [-0.39, 0.29) is 102 Å². The van der Waals surface area contributed by atoms with Gasteiger partial charge in [-0.25, -0.2) is 0 Å². The van der Waals surface area contributed by atoms with Crippen LogP contribution in [0.5, 0.6) is 0 Å². The van der Waals surface area contributed by atoms with Crippen LogP contribution < -0.4 is 5.19 Å². The first-order valence-corrected chi connectivity index (χ1v) is 23.3. The van der Waals surface area contributed by atoms with Crippen LogP contribution in [0.15, 0.2) is 30.3 Å². The van der Waals surface area contributed by atoms with Crippen LogP contribution >= 0.6 is 0 Å². The minimum Gasteiger partial charge on any atom is -0.398 e. The lowest BCUT2D eigenvalue weighted by Crippen LogP contribution is -2.49. The standard InChI is InChI=1S/C9H19F3O3Si.C9H14O2Si.C4H12O3Si.C4H12O2Si.12CH4/c1-8(13,9(10,11)12)6-5-7-16(4,14-2)15-3;1-10-12(3,11-2)9-7-5-4-6-8-9;1-5-8(4,6-2)7-3;1-5-7(3,4)6-2;;;;;;;;;;;;/h13H,5-7H2,1-4H3;4-8H,1-3H3;1-4H3;1-4H3;12*1H4. The third-order valence-corrected chi connectivity index (χ3v) is 17.1. The van der Waals surface area contributed by atoms with E-state index in [1.54, 1.807) is 56.3 Å². The van der Waals surface area contributed by atoms with E-state index in [1.807, 2.05) is 56.5 Å². The molecule has 0 fully saturated rings. The number of hydrogen-bond donors (Lipinski definition) is 1. The van der Waals surface area contributed by atoms with E-state index in [9.17, 15) is 18.3 Å². The fourth-order valence-electron chi connectivity index (χ4n) is 2.58. The average Bonchev–Trinajstić information content (AvgIpc) is 3.00. The van der Waals surface area contributed by atoms with Crippen molar-refractivity contribution in [2.24, 2.45) is 0 Å². The Hall–Kier alpha value is -0.522. The Morgan fingerprint density at radius 3 is 1.00 bits per heavy atom. The molecule has 55 heavy (non-hydrogen) atoms. The summed E-state index contributed by atoms with van der Waals surface area (Å²) in [7, 11) is 6.23. The van der Waals surface area contributed by atoms with Crippen LogP contribution in [-0.2, 0) is 39.8 Å². The van der Waals surface area contributed by atoms with E-state index >= 15 is 0 Å². The number of aliphatic hydroxyl groups is 1. The molecule has 0 saturated heterocycles. The smallest absolute Gasteiger partial charge is 0.398 e. The van der Waals surface area contributed by atoms with E-state index < -0.39 is 46.3 Å². The molecule has 0 saturated carbocycles. The van der Waals surface area contributed by atoms with Gasteiger partial charge in [0.1, 0.15) is 0 Å². The third-order valence-electron chi connectivity index (χ3n) is 6.94. The highest BCUT2D eigenvalue weighted by Crippen LogP contribution is 2.34. The maximum atomic E-state index is 12.3. The molecule has 0 aromatic heterocycles. The van der Waals surface area contributed by atoms with Gasteiger partial charge < -0.3 is 44.9 Å². The first-order valence-electron chi connectivity index (χ1n) is 13.4. The second-order valence-electron chi connectivity index (χ2n) is 10.2. The van der Waals surface area contributed by atoms with Gasteiger partial charge in [-0.2, -0.15) is 13.2 Å². The van der Waals surface area contributed by atoms with Crippen molar-refractivity contribution >= 4 is 39.7 Å². The number of hydrogen-bond acceptors (Lipinski definition) is 10. The van der Waals surface area contributed by atoms with Gasteiger partial charge in [-0.1, -0.05) is 119 Å². The normalized spacial score (nSPS) is 10.8. The van der Waals surface area contributed by atoms with Crippen molar-refractivity contribution in [3.05, 3.63) is 30.3 Å². The van der Waals surface area contributed by atoms with Crippen molar-refractivity contribution in [2.45, 2.75) is 159 Å². The van der Waals surface area contributed by atoms with Gasteiger partial charge >= 0.3 is 40.7 Å². The molecule has 1 atom stereocenters. The Kier molecular flexibility index (Phi) is 87.0. The lowest BCUT2D eigenvalue weighted by Gasteiger charge is -2.28. The molecule has 0 aliphatic heterocycles. The summed E-state index contributed by atoms with van der Waals surface area (Å²) in [5.74, 6) is 0. The molecule has 0 heterocycles. The zero-order valence-electron chi connectivity index (χ0n) is 28.8. The number of alkyl halides is 3. The minimum atomic E-state index is -4.59. The Bertz CT molecular complexity index is 803. The number of halogens is 3. The van der Waals surface area contributed by atoms with Gasteiger partial charge in [-0.05, 0) is 57.2 Å². The summed E-state index contributed by atoms with van der Waals surface area (Å²) < 4.78 is 82.8. The molecule has 354 valence electrons. The van der Waals surface area contributed by atoms with Crippen molar-refractivity contribution in [3.8, 4) is 0 Å². The number of benzene rings is 1. The molecule has 0 aliphatic carbocycles. The predicted molar refractivity (Wildman–Crippen MR) is 253 cm³/mol. The molecule has 17 heteroatoms. The zero-order valence-corrected chi connectivity index (χ0v) is 32.8. The highest BCUT2D eigenvalue weighted by atomic mass is 28.4. The Morgan fingerprint density at radius 2 is 0.818 bits per heavy atom. The fraction of sp³-hybridized carbons (Fsp3) is 0.842. The maximum absolute atomic E-state index is 12.3. The van der Waals surface area contributed by atoms with Crippen molar-refractivity contribution in [1.82, 2.24) is 0 Å². The van der Waals surface area contributed by atoms with Gasteiger partial charge in [0, 0.05) is 70.5 Å². The topological polar surface area (TPSA) is 103 Å². The van der Waals surface area contributed by atoms with Crippen LogP contribution in [0.2, 0.25) is 38.8 Å². The molecule has 1 rings (SSSR count). The van der Waals surface area contributed by atoms with E-state index in [0.717, 1.165) is 12.1 Å². The average molecular weight is 892 g/mol. The van der Waals surface area contributed by atoms with Crippen molar-refractivity contribution in [2.75, 3.05) is 64.0 Å². The molecule has 1 unspecified atom stereocenters. The van der Waals surface area contributed by atoms with E-state index in [2.05, 4.69) is 0 Å². The molecular formula is C38H105F3O10Si4. The molecule has 0 bridgehead atoms. The number of rotatable bonds is 14. The summed E-state index contributed by atoms with van der Waals surface area (Å²) in [6, 6.07) is 10.5. The molecule has 10 nitrogen and oxygen atoms in total. The van der Waals surface area contributed by atoms with Crippen LogP contribution in [0.25, 0.3) is 0 Å². The lowest BCUT2D eigenvalue weighted by atomic mass is 10.0. The van der Waals surface area contributed by atoms with Crippen molar-refractivity contribution in [1.29, 1.82) is 0 Å². The van der Waals surface area contributed by atoms with E-state index in [4.69, 9.17) is 39.8 Å². The van der Waals surface area contributed by atoms with Gasteiger partial charge in [-0.15, -0.1) is 0 Å². The Labute approximate surface area is 350 Å². The highest BCUT2D eigenvalue weighted by Gasteiger charge is 2.49. The Balaban J connectivity index is -0.0000000288. The Morgan fingerprint density at radius 1 is 0.509 bits per heavy atom. The maximum Gasteiger partial charge on any atom is 0.496 e. The zero-order chi connectivity index (χ0) is 34.6. The molecule has 1 aromatic rings. The predicted octanol–water partition coefficient (Wildman–Crippen LogP) is 12.8. The fourth-order valence-corrected chi connectivity index (χ4v) is 6.07. The van der Waals surface area contributed by atoms with Crippen molar-refractivity contribution in [3.63, 3.8) is 0 Å². The van der Waals surface area contributed by atoms with Gasteiger partial charge in [0.15, 0.2) is 5.60 Å². The molecule has 1 N–H and O–H groups in total. The molecule has 0 spiro atoms. The first-order chi connectivity index (χ1) is 19.6. The van der Waals surface area contributed by atoms with Crippen molar-refractivity contribution < 1.29 is 58.1 Å². The van der Waals surface area contributed by atoms with Crippen LogP contribution in [0.1, 0.15) is 109 Å². The summed E-state index contributed by atoms with van der Waals surface area (Å²) >= 11 is 0. The monoisotopic (exact) mass is 891 g/mol. The van der Waals surface area contributed by atoms with Crippen LogP contribution in [0.4, 0.5) is 13.2 Å². The molecule has 0 radical (unpaired) electrons. The largest absolute Gasteiger partial charge is 0.496 e. The molecular weight excluding hydrogens is 786 g/mol. The van der Waals surface area contributed by atoms with E-state index in [1.165, 1.54) is 14.2 Å². The summed E-state index contributed by atoms with van der Waals surface area (Å²) in [5.41, 5.74) is -2.64. The molecule has 0 aliphatic rings. The van der Waals surface area contributed by atoms with Gasteiger partial charge in [0.25, 0.3) is 0 Å². The SMILES string of the molecule is C.C.C.C.C.C.C.C.C.C.C.C.CO[Si](C)(C)OC.CO[Si](C)(CCCC(C)(O)C(F)(F)F)OC.CO[Si](C)(OC)OC.CO[Si](C)(OC)c1ccccc1. The quantitative estimate of drug-likeness (QED) is 0.182. The van der Waals surface area contributed by atoms with Crippen LogP contribution in [0, 0.1) is 0 Å². The van der Waals surface area contributed by atoms with Gasteiger partial charge in [0.2, 0.25) is 0 Å². The lowest BCUT2D eigenvalue weighted by molar-refractivity contribution is -0.255. The highest BCUT2D eigenvalue weighted by molar-refractivity contribution is 6.79. The van der Waals surface area contributed by atoms with E-state index in [0.29, 0.717) is 6.04 Å². The van der Waals surface area contributed by atoms with Gasteiger partial charge in [0.05, 0.1) is 0 Å². The molecule has 1 aromatic carbocycles. The second-order valence-corrected chi connectivity index (χ2v) is 23.6. The second kappa shape index (κ2) is 47.9. The summed E-state index contributed by atoms with van der Waals surface area (Å²) in [5, 5.41) is 10.4. The summed E-state index contributed by atoms with van der Waals surface area (Å²) in [6.45, 7) is 10.4. The molecule has 0 amide bonds. The van der Waals surface area contributed by atoms with Gasteiger partial charge in [-0.3, -0.25) is 0 Å². The first kappa shape index (κ1) is 100.0. The third kappa shape index (κ3) is 42.9. The van der Waals surface area contributed by atoms with Crippen LogP contribution in [0.3, 0.4) is 0 Å². The van der Waals surface area contributed by atoms with Crippen LogP contribution in [-0.4, -0.2) is 115 Å².